The molecular weight excluding hydrogens is 492 g/mol. The summed E-state index contributed by atoms with van der Waals surface area (Å²) >= 11 is 0. The first-order valence-electron chi connectivity index (χ1n) is 14.1. The van der Waals surface area contributed by atoms with E-state index in [-0.39, 0.29) is 24.8 Å². The molecule has 1 N–H and O–H groups in total. The highest BCUT2D eigenvalue weighted by Gasteiger charge is 2.36. The lowest BCUT2D eigenvalue weighted by molar-refractivity contribution is -0.122. The molecule has 1 heterocycles. The number of aryl methyl sites for hydroxylation is 1. The van der Waals surface area contributed by atoms with Crippen molar-refractivity contribution in [2.75, 3.05) is 13.1 Å². The Morgan fingerprint density at radius 2 is 1.71 bits per heavy atom. The topological polar surface area (TPSA) is 66.5 Å². The zero-order valence-electron chi connectivity index (χ0n) is 22.7. The zero-order chi connectivity index (χ0) is 26.8. The number of benzene rings is 3. The first-order valence-corrected chi connectivity index (χ1v) is 15.6. The molecule has 1 saturated heterocycles. The second-order valence-corrected chi connectivity index (χ2v) is 14.2. The molecule has 1 aliphatic heterocycles. The highest BCUT2D eigenvalue weighted by atomic mass is 32.2. The molecule has 1 amide bonds. The lowest BCUT2D eigenvalue weighted by Gasteiger charge is -2.30. The summed E-state index contributed by atoms with van der Waals surface area (Å²) in [4.78, 5) is 15.9. The van der Waals surface area contributed by atoms with Crippen LogP contribution < -0.4 is 5.32 Å². The predicted molar refractivity (Wildman–Crippen MR) is 154 cm³/mol. The molecule has 1 atom stereocenters. The number of rotatable bonds is 8. The standard InChI is InChI=1S/C32H40N2O3S/c1-32(2,38(36,37)28-15-14-25-9-4-5-10-26(25)22-28)18-17-31(35)33-30-12-8-11-27-21-24(13-16-29(27)30)23-34-19-6-3-7-20-34/h4-5,9-10,13-16,21-22,30H,3,6-8,11-12,17-20,23H2,1-2H3,(H,33,35). The van der Waals surface area contributed by atoms with Gasteiger partial charge in [0.25, 0.3) is 0 Å². The highest BCUT2D eigenvalue weighted by molar-refractivity contribution is 7.92. The Labute approximate surface area is 227 Å². The van der Waals surface area contributed by atoms with Gasteiger partial charge in [0.15, 0.2) is 9.84 Å². The number of nitrogens with one attached hydrogen (secondary N) is 1. The smallest absolute Gasteiger partial charge is 0.220 e. The van der Waals surface area contributed by atoms with Crippen LogP contribution in [-0.2, 0) is 27.6 Å². The average molecular weight is 533 g/mol. The van der Waals surface area contributed by atoms with Crippen molar-refractivity contribution in [1.82, 2.24) is 10.2 Å². The van der Waals surface area contributed by atoms with Crippen LogP contribution in [0.1, 0.15) is 81.5 Å². The number of fused-ring (bicyclic) bond motifs is 2. The molecule has 38 heavy (non-hydrogen) atoms. The largest absolute Gasteiger partial charge is 0.349 e. The van der Waals surface area contributed by atoms with Crippen LogP contribution >= 0.6 is 0 Å². The maximum absolute atomic E-state index is 13.5. The minimum absolute atomic E-state index is 0.00417. The van der Waals surface area contributed by atoms with E-state index in [9.17, 15) is 13.2 Å². The van der Waals surface area contributed by atoms with Crippen molar-refractivity contribution in [2.45, 2.75) is 87.4 Å². The number of carbonyl (C=O) groups excluding carboxylic acids is 1. The van der Waals surface area contributed by atoms with Gasteiger partial charge in [-0.1, -0.05) is 55.0 Å². The predicted octanol–water partition coefficient (Wildman–Crippen LogP) is 6.35. The Hall–Kier alpha value is -2.70. The van der Waals surface area contributed by atoms with Gasteiger partial charge in [0.2, 0.25) is 5.91 Å². The van der Waals surface area contributed by atoms with Gasteiger partial charge in [0.1, 0.15) is 0 Å². The van der Waals surface area contributed by atoms with Crippen LogP contribution in [0.15, 0.2) is 65.6 Å². The van der Waals surface area contributed by atoms with E-state index in [4.69, 9.17) is 0 Å². The lowest BCUT2D eigenvalue weighted by Crippen LogP contribution is -2.36. The van der Waals surface area contributed by atoms with Gasteiger partial charge in [-0.25, -0.2) is 8.42 Å². The van der Waals surface area contributed by atoms with Crippen molar-refractivity contribution >= 4 is 26.5 Å². The van der Waals surface area contributed by atoms with Crippen LogP contribution in [0.25, 0.3) is 10.8 Å². The first-order chi connectivity index (χ1) is 18.2. The number of sulfone groups is 1. The summed E-state index contributed by atoms with van der Waals surface area (Å²) < 4.78 is 26.0. The number of amides is 1. The molecule has 1 unspecified atom stereocenters. The van der Waals surface area contributed by atoms with Gasteiger partial charge in [-0.15, -0.1) is 0 Å². The Morgan fingerprint density at radius 1 is 0.947 bits per heavy atom. The number of nitrogens with zero attached hydrogens (tertiary/aromatic N) is 1. The second-order valence-electron chi connectivity index (χ2n) is 11.7. The normalized spacial score (nSPS) is 18.7. The van der Waals surface area contributed by atoms with Gasteiger partial charge in [0, 0.05) is 13.0 Å². The summed E-state index contributed by atoms with van der Waals surface area (Å²) in [7, 11) is -3.61. The van der Waals surface area contributed by atoms with E-state index < -0.39 is 14.6 Å². The summed E-state index contributed by atoms with van der Waals surface area (Å²) in [5, 5.41) is 5.13. The van der Waals surface area contributed by atoms with Crippen molar-refractivity contribution < 1.29 is 13.2 Å². The minimum Gasteiger partial charge on any atom is -0.349 e. The highest BCUT2D eigenvalue weighted by Crippen LogP contribution is 2.33. The minimum atomic E-state index is -3.61. The molecular formula is C32H40N2O3S. The molecule has 0 aromatic heterocycles. The Kier molecular flexibility index (Phi) is 7.92. The maximum Gasteiger partial charge on any atom is 0.220 e. The molecule has 5 rings (SSSR count). The van der Waals surface area contributed by atoms with Crippen molar-refractivity contribution in [3.8, 4) is 0 Å². The van der Waals surface area contributed by atoms with Crippen molar-refractivity contribution in [3.05, 3.63) is 77.4 Å². The molecule has 1 aliphatic carbocycles. The summed E-state index contributed by atoms with van der Waals surface area (Å²) in [6, 6.07) is 19.8. The molecule has 3 aromatic rings. The van der Waals surface area contributed by atoms with Crippen LogP contribution in [0, 0.1) is 0 Å². The third-order valence-electron chi connectivity index (χ3n) is 8.42. The van der Waals surface area contributed by atoms with Gasteiger partial charge in [-0.05, 0) is 105 Å². The molecule has 0 spiro atoms. The molecule has 202 valence electrons. The fourth-order valence-electron chi connectivity index (χ4n) is 5.96. The maximum atomic E-state index is 13.5. The number of likely N-dealkylation sites (tertiary alicyclic amines) is 1. The quantitative estimate of drug-likeness (QED) is 0.367. The number of hydrogen-bond acceptors (Lipinski definition) is 4. The summed E-state index contributed by atoms with van der Waals surface area (Å²) in [6.07, 6.45) is 7.39. The molecule has 6 heteroatoms. The summed E-state index contributed by atoms with van der Waals surface area (Å²) in [6.45, 7) is 6.83. The molecule has 0 saturated carbocycles. The third-order valence-corrected chi connectivity index (χ3v) is 11.0. The van der Waals surface area contributed by atoms with Gasteiger partial charge in [-0.3, -0.25) is 9.69 Å². The molecule has 0 bridgehead atoms. The molecule has 5 nitrogen and oxygen atoms in total. The fraction of sp³-hybridized carbons (Fsp3) is 0.469. The summed E-state index contributed by atoms with van der Waals surface area (Å²) in [5.74, 6) is -0.0815. The molecule has 1 fully saturated rings. The number of piperidine rings is 1. The van der Waals surface area contributed by atoms with E-state index >= 15 is 0 Å². The monoisotopic (exact) mass is 532 g/mol. The summed E-state index contributed by atoms with van der Waals surface area (Å²) in [5.41, 5.74) is 3.92. The fourth-order valence-corrected chi connectivity index (χ4v) is 7.50. The first kappa shape index (κ1) is 26.9. The van der Waals surface area contributed by atoms with Gasteiger partial charge < -0.3 is 5.32 Å². The van der Waals surface area contributed by atoms with Crippen LogP contribution in [0.4, 0.5) is 0 Å². The van der Waals surface area contributed by atoms with Crippen LogP contribution in [0.5, 0.6) is 0 Å². The number of carbonyl (C=O) groups is 1. The Morgan fingerprint density at radius 3 is 2.50 bits per heavy atom. The van der Waals surface area contributed by atoms with E-state index in [0.29, 0.717) is 4.90 Å². The zero-order valence-corrected chi connectivity index (χ0v) is 23.5. The van der Waals surface area contributed by atoms with E-state index in [1.807, 2.05) is 30.3 Å². The number of hydrogen-bond donors (Lipinski definition) is 1. The third kappa shape index (κ3) is 5.81. The second kappa shape index (κ2) is 11.2. The van der Waals surface area contributed by atoms with Crippen LogP contribution in [0.2, 0.25) is 0 Å². The van der Waals surface area contributed by atoms with E-state index in [2.05, 4.69) is 28.4 Å². The van der Waals surface area contributed by atoms with Gasteiger partial charge >= 0.3 is 0 Å². The van der Waals surface area contributed by atoms with Crippen LogP contribution in [0.3, 0.4) is 0 Å². The molecule has 3 aromatic carbocycles. The Bertz CT molecular complexity index is 1410. The van der Waals surface area contributed by atoms with E-state index in [0.717, 1.165) is 36.6 Å². The SMILES string of the molecule is CC(C)(CCC(=O)NC1CCCc2cc(CN3CCCCC3)ccc21)S(=O)(=O)c1ccc2ccccc2c1. The Balaban J connectivity index is 1.21. The van der Waals surface area contributed by atoms with Gasteiger partial charge in [-0.2, -0.15) is 0 Å². The van der Waals surface area contributed by atoms with E-state index in [1.165, 1.54) is 49.0 Å². The lowest BCUT2D eigenvalue weighted by atomic mass is 9.86. The van der Waals surface area contributed by atoms with Crippen molar-refractivity contribution in [3.63, 3.8) is 0 Å². The van der Waals surface area contributed by atoms with Crippen LogP contribution in [-0.4, -0.2) is 37.1 Å². The van der Waals surface area contributed by atoms with Crippen molar-refractivity contribution in [2.24, 2.45) is 0 Å². The average Bonchev–Trinajstić information content (AvgIpc) is 2.92. The van der Waals surface area contributed by atoms with Crippen molar-refractivity contribution in [1.29, 1.82) is 0 Å². The molecule has 0 radical (unpaired) electrons. The molecule has 2 aliphatic rings. The van der Waals surface area contributed by atoms with E-state index in [1.54, 1.807) is 26.0 Å². The van der Waals surface area contributed by atoms with Gasteiger partial charge in [0.05, 0.1) is 15.7 Å².